The predicted octanol–water partition coefficient (Wildman–Crippen LogP) is 3.61. The molecular weight excluding hydrogens is 459 g/mol. The van der Waals surface area contributed by atoms with E-state index in [1.165, 1.54) is 24.2 Å². The Bertz CT molecular complexity index is 497. The predicted molar refractivity (Wildman–Crippen MR) is 126 cm³/mol. The monoisotopic (exact) mass is 494 g/mol. The van der Waals surface area contributed by atoms with E-state index in [4.69, 9.17) is 9.73 Å². The second-order valence-electron chi connectivity index (χ2n) is 6.10. The molecule has 26 heavy (non-hydrogen) atoms. The van der Waals surface area contributed by atoms with Crippen LogP contribution in [0.4, 0.5) is 0 Å². The first-order chi connectivity index (χ1) is 12.1. The summed E-state index contributed by atoms with van der Waals surface area (Å²) in [6.45, 7) is 4.63. The molecule has 0 saturated heterocycles. The lowest BCUT2D eigenvalue weighted by Crippen LogP contribution is -2.38. The Hall–Kier alpha value is -0.670. The zero-order chi connectivity index (χ0) is 18.5. The molecule has 0 heterocycles. The number of methoxy groups -OCH3 is 1. The number of likely N-dealkylation sites (N-methyl/N-ethyl adjacent to an activating group) is 1. The molecule has 1 aromatic carbocycles. The zero-order valence-electron chi connectivity index (χ0n) is 16.7. The van der Waals surface area contributed by atoms with Crippen LogP contribution in [-0.4, -0.2) is 63.7 Å². The minimum absolute atomic E-state index is 0. The quantitative estimate of drug-likeness (QED) is 0.213. The van der Waals surface area contributed by atoms with Gasteiger partial charge < -0.3 is 20.3 Å². The Morgan fingerprint density at radius 3 is 2.42 bits per heavy atom. The highest BCUT2D eigenvalue weighted by molar-refractivity contribution is 14.0. The van der Waals surface area contributed by atoms with Crippen molar-refractivity contribution in [3.63, 3.8) is 0 Å². The minimum atomic E-state index is 0. The van der Waals surface area contributed by atoms with Crippen LogP contribution in [-0.2, 0) is 0 Å². The smallest absolute Gasteiger partial charge is 0.191 e. The molecule has 0 aliphatic heterocycles. The van der Waals surface area contributed by atoms with Gasteiger partial charge in [0.05, 0.1) is 19.7 Å². The number of nitrogens with one attached hydrogen (secondary N) is 2. The molecule has 5 nitrogen and oxygen atoms in total. The van der Waals surface area contributed by atoms with E-state index in [1.807, 2.05) is 23.9 Å². The van der Waals surface area contributed by atoms with Crippen molar-refractivity contribution in [3.05, 3.63) is 29.8 Å². The van der Waals surface area contributed by atoms with Gasteiger partial charge >= 0.3 is 0 Å². The molecule has 1 unspecified atom stereocenters. The molecule has 7 heteroatoms. The van der Waals surface area contributed by atoms with Crippen LogP contribution in [0.15, 0.2) is 29.3 Å². The van der Waals surface area contributed by atoms with Gasteiger partial charge in [0.2, 0.25) is 0 Å². The summed E-state index contributed by atoms with van der Waals surface area (Å²) in [5, 5.41) is 6.77. The molecule has 0 fully saturated rings. The fraction of sp³-hybridized carbons (Fsp3) is 0.632. The average Bonchev–Trinajstić information content (AvgIpc) is 2.61. The molecule has 1 atom stereocenters. The number of rotatable bonds is 11. The van der Waals surface area contributed by atoms with E-state index in [-0.39, 0.29) is 30.0 Å². The highest BCUT2D eigenvalue weighted by atomic mass is 127. The SMILES string of the molecule is CCNC(=NCC(c1ccc(OC)cc1)N(C)C)NCCCCSC.I. The van der Waals surface area contributed by atoms with Crippen LogP contribution in [0.1, 0.15) is 31.4 Å². The summed E-state index contributed by atoms with van der Waals surface area (Å²) >= 11 is 1.90. The molecule has 0 saturated carbocycles. The van der Waals surface area contributed by atoms with Crippen LogP contribution in [0.5, 0.6) is 5.75 Å². The maximum atomic E-state index is 5.25. The summed E-state index contributed by atoms with van der Waals surface area (Å²) in [6, 6.07) is 8.47. The molecule has 0 amide bonds. The van der Waals surface area contributed by atoms with Crippen LogP contribution in [0.25, 0.3) is 0 Å². The number of aliphatic imine (C=N–C) groups is 1. The first-order valence-corrected chi connectivity index (χ1v) is 10.3. The van der Waals surface area contributed by atoms with E-state index < -0.39 is 0 Å². The third kappa shape index (κ3) is 9.87. The Balaban J connectivity index is 0.00000625. The highest BCUT2D eigenvalue weighted by Crippen LogP contribution is 2.21. The number of ether oxygens (including phenoxy) is 1. The molecule has 0 radical (unpaired) electrons. The van der Waals surface area contributed by atoms with Crippen molar-refractivity contribution >= 4 is 41.7 Å². The Labute approximate surface area is 180 Å². The first kappa shape index (κ1) is 25.3. The van der Waals surface area contributed by atoms with Gasteiger partial charge in [0.1, 0.15) is 5.75 Å². The molecule has 150 valence electrons. The van der Waals surface area contributed by atoms with Crippen LogP contribution < -0.4 is 15.4 Å². The molecule has 1 rings (SSSR count). The van der Waals surface area contributed by atoms with Gasteiger partial charge in [0, 0.05) is 13.1 Å². The van der Waals surface area contributed by atoms with Gasteiger partial charge in [-0.05, 0) is 63.6 Å². The Morgan fingerprint density at radius 2 is 1.88 bits per heavy atom. The summed E-state index contributed by atoms with van der Waals surface area (Å²) in [4.78, 5) is 6.99. The van der Waals surface area contributed by atoms with Gasteiger partial charge in [-0.1, -0.05) is 12.1 Å². The second-order valence-corrected chi connectivity index (χ2v) is 7.08. The largest absolute Gasteiger partial charge is 0.497 e. The molecule has 0 aromatic heterocycles. The number of nitrogens with zero attached hydrogens (tertiary/aromatic N) is 2. The molecule has 2 N–H and O–H groups in total. The van der Waals surface area contributed by atoms with E-state index >= 15 is 0 Å². The fourth-order valence-electron chi connectivity index (χ4n) is 2.49. The average molecular weight is 494 g/mol. The van der Waals surface area contributed by atoms with Crippen LogP contribution >= 0.6 is 35.7 Å². The third-order valence-electron chi connectivity index (χ3n) is 3.96. The number of hydrogen-bond donors (Lipinski definition) is 2. The number of halogens is 1. The van der Waals surface area contributed by atoms with Gasteiger partial charge in [-0.25, -0.2) is 0 Å². The topological polar surface area (TPSA) is 48.9 Å². The first-order valence-electron chi connectivity index (χ1n) is 8.93. The van der Waals surface area contributed by atoms with Gasteiger partial charge in [0.25, 0.3) is 0 Å². The van der Waals surface area contributed by atoms with E-state index in [1.54, 1.807) is 7.11 Å². The molecule has 0 aliphatic carbocycles. The zero-order valence-corrected chi connectivity index (χ0v) is 19.9. The third-order valence-corrected chi connectivity index (χ3v) is 4.66. The van der Waals surface area contributed by atoms with E-state index in [0.717, 1.165) is 24.8 Å². The standard InChI is InChI=1S/C19H34N4OS.HI/c1-6-20-19(21-13-7-8-14-25-5)22-15-18(23(2)3)16-9-11-17(24-4)12-10-16;/h9-12,18H,6-8,13-15H2,1-5H3,(H2,20,21,22);1H. The lowest BCUT2D eigenvalue weighted by atomic mass is 10.1. The van der Waals surface area contributed by atoms with Gasteiger partial charge in [-0.15, -0.1) is 24.0 Å². The maximum absolute atomic E-state index is 5.25. The maximum Gasteiger partial charge on any atom is 0.191 e. The van der Waals surface area contributed by atoms with Crippen LogP contribution in [0.2, 0.25) is 0 Å². The number of hydrogen-bond acceptors (Lipinski definition) is 4. The van der Waals surface area contributed by atoms with Crippen molar-refractivity contribution in [2.45, 2.75) is 25.8 Å². The minimum Gasteiger partial charge on any atom is -0.497 e. The Morgan fingerprint density at radius 1 is 1.19 bits per heavy atom. The van der Waals surface area contributed by atoms with Crippen molar-refractivity contribution in [1.29, 1.82) is 0 Å². The summed E-state index contributed by atoms with van der Waals surface area (Å²) in [5.74, 6) is 2.99. The van der Waals surface area contributed by atoms with Crippen LogP contribution in [0, 0.1) is 0 Å². The van der Waals surface area contributed by atoms with E-state index in [0.29, 0.717) is 6.54 Å². The van der Waals surface area contributed by atoms with E-state index in [2.05, 4.69) is 54.9 Å². The summed E-state index contributed by atoms with van der Waals surface area (Å²) < 4.78 is 5.25. The summed E-state index contributed by atoms with van der Waals surface area (Å²) in [7, 11) is 5.87. The van der Waals surface area contributed by atoms with Crippen molar-refractivity contribution in [2.24, 2.45) is 4.99 Å². The summed E-state index contributed by atoms with van der Waals surface area (Å²) in [5.41, 5.74) is 1.24. The number of guanidine groups is 1. The lowest BCUT2D eigenvalue weighted by molar-refractivity contribution is 0.306. The number of thioether (sulfide) groups is 1. The van der Waals surface area contributed by atoms with Crippen molar-refractivity contribution in [3.8, 4) is 5.75 Å². The molecule has 0 aliphatic rings. The van der Waals surface area contributed by atoms with E-state index in [9.17, 15) is 0 Å². The highest BCUT2D eigenvalue weighted by Gasteiger charge is 2.14. The number of benzene rings is 1. The Kier molecular flexibility index (Phi) is 15.0. The van der Waals surface area contributed by atoms with Crippen molar-refractivity contribution in [1.82, 2.24) is 15.5 Å². The normalized spacial score (nSPS) is 12.5. The van der Waals surface area contributed by atoms with Gasteiger partial charge in [0.15, 0.2) is 5.96 Å². The molecule has 1 aromatic rings. The number of unbranched alkanes of at least 4 members (excludes halogenated alkanes) is 1. The van der Waals surface area contributed by atoms with Gasteiger partial charge in [-0.2, -0.15) is 11.8 Å². The van der Waals surface area contributed by atoms with Crippen molar-refractivity contribution in [2.75, 3.05) is 52.8 Å². The molecule has 0 bridgehead atoms. The fourth-order valence-corrected chi connectivity index (χ4v) is 2.98. The van der Waals surface area contributed by atoms with Crippen molar-refractivity contribution < 1.29 is 4.74 Å². The summed E-state index contributed by atoms with van der Waals surface area (Å²) in [6.07, 6.45) is 4.56. The van der Waals surface area contributed by atoms with Gasteiger partial charge in [-0.3, -0.25) is 4.99 Å². The molecular formula is C19H35IN4OS. The second kappa shape index (κ2) is 15.4. The lowest BCUT2D eigenvalue weighted by Gasteiger charge is -2.24. The van der Waals surface area contributed by atoms with Crippen LogP contribution in [0.3, 0.4) is 0 Å². The molecule has 0 spiro atoms.